The van der Waals surface area contributed by atoms with Crippen molar-refractivity contribution in [2.75, 3.05) is 36.8 Å². The summed E-state index contributed by atoms with van der Waals surface area (Å²) in [5, 5.41) is 7.17. The van der Waals surface area contributed by atoms with E-state index < -0.39 is 0 Å². The van der Waals surface area contributed by atoms with E-state index in [-0.39, 0.29) is 24.8 Å². The van der Waals surface area contributed by atoms with Gasteiger partial charge in [-0.2, -0.15) is 9.97 Å². The van der Waals surface area contributed by atoms with Crippen LogP contribution in [0.4, 0.5) is 11.8 Å². The minimum atomic E-state index is 0. The fraction of sp³-hybridized carbons (Fsp3) is 0.783. The SMILES string of the molecule is CCN(CC)CCCNc1nc(NC2CCC(N)CC2)nc2c1ncn2C1CCCC1.Cl.Cl. The number of nitrogens with zero attached hydrogens (tertiary/aromatic N) is 5. The van der Waals surface area contributed by atoms with Gasteiger partial charge in [-0.3, -0.25) is 0 Å². The van der Waals surface area contributed by atoms with E-state index in [1.807, 2.05) is 6.33 Å². The number of nitrogens with one attached hydrogen (secondary N) is 2. The summed E-state index contributed by atoms with van der Waals surface area (Å²) in [7, 11) is 0. The van der Waals surface area contributed by atoms with Gasteiger partial charge in [0.2, 0.25) is 5.95 Å². The van der Waals surface area contributed by atoms with Crippen LogP contribution in [0.25, 0.3) is 11.2 Å². The van der Waals surface area contributed by atoms with Gasteiger partial charge in [0.25, 0.3) is 0 Å². The first-order chi connectivity index (χ1) is 15.2. The second-order valence-corrected chi connectivity index (χ2v) is 9.22. The molecule has 0 aromatic carbocycles. The van der Waals surface area contributed by atoms with Crippen LogP contribution in [-0.4, -0.2) is 62.7 Å². The van der Waals surface area contributed by atoms with Crippen LogP contribution in [0.3, 0.4) is 0 Å². The van der Waals surface area contributed by atoms with E-state index in [9.17, 15) is 0 Å². The summed E-state index contributed by atoms with van der Waals surface area (Å²) in [5.41, 5.74) is 7.95. The molecule has 33 heavy (non-hydrogen) atoms. The molecule has 0 spiro atoms. The zero-order valence-electron chi connectivity index (χ0n) is 20.1. The van der Waals surface area contributed by atoms with Crippen LogP contribution in [-0.2, 0) is 0 Å². The van der Waals surface area contributed by atoms with Crippen LogP contribution >= 0.6 is 24.8 Å². The molecule has 8 nitrogen and oxygen atoms in total. The maximum absolute atomic E-state index is 6.09. The third kappa shape index (κ3) is 7.07. The lowest BCUT2D eigenvalue weighted by atomic mass is 9.92. The average molecular weight is 502 g/mol. The fourth-order valence-corrected chi connectivity index (χ4v) is 5.05. The quantitative estimate of drug-likeness (QED) is 0.409. The summed E-state index contributed by atoms with van der Waals surface area (Å²) in [6, 6.07) is 1.25. The summed E-state index contributed by atoms with van der Waals surface area (Å²) >= 11 is 0. The monoisotopic (exact) mass is 500 g/mol. The molecule has 2 aliphatic rings. The van der Waals surface area contributed by atoms with Crippen LogP contribution < -0.4 is 16.4 Å². The number of rotatable bonds is 10. The minimum absolute atomic E-state index is 0. The number of hydrogen-bond acceptors (Lipinski definition) is 7. The Bertz CT molecular complexity index is 827. The van der Waals surface area contributed by atoms with E-state index in [0.717, 1.165) is 81.2 Å². The van der Waals surface area contributed by atoms with Crippen molar-refractivity contribution in [1.29, 1.82) is 0 Å². The van der Waals surface area contributed by atoms with Gasteiger partial charge >= 0.3 is 0 Å². The fourth-order valence-electron chi connectivity index (χ4n) is 5.05. The number of halogens is 2. The smallest absolute Gasteiger partial charge is 0.227 e. The number of fused-ring (bicyclic) bond motifs is 1. The van der Waals surface area contributed by atoms with E-state index in [2.05, 4.69) is 33.9 Å². The topological polar surface area (TPSA) is 96.9 Å². The maximum Gasteiger partial charge on any atom is 0.227 e. The molecule has 0 bridgehead atoms. The number of nitrogens with two attached hydrogens (primary N) is 1. The summed E-state index contributed by atoms with van der Waals surface area (Å²) < 4.78 is 2.28. The zero-order valence-corrected chi connectivity index (χ0v) is 21.8. The lowest BCUT2D eigenvalue weighted by molar-refractivity contribution is 0.303. The molecule has 0 unspecified atom stereocenters. The van der Waals surface area contributed by atoms with Crippen LogP contribution in [0, 0.1) is 0 Å². The first kappa shape index (κ1) is 27.9. The molecule has 0 saturated heterocycles. The molecule has 2 aromatic rings. The molecule has 2 heterocycles. The summed E-state index contributed by atoms with van der Waals surface area (Å²) in [4.78, 5) is 17.0. The van der Waals surface area contributed by atoms with E-state index >= 15 is 0 Å². The predicted octanol–water partition coefficient (Wildman–Crippen LogP) is 4.61. The standard InChI is InChI=1S/C23H40N8.2ClH/c1-3-30(4-2)15-7-14-25-21-20-22(31(16-26-20)19-8-5-6-9-19)29-23(28-21)27-18-12-10-17(24)11-13-18;;/h16-19H,3-15,24H2,1-2H3,(H2,25,27,28,29);2*1H. The number of aromatic nitrogens is 4. The van der Waals surface area contributed by atoms with Gasteiger partial charge in [-0.25, -0.2) is 4.98 Å². The second kappa shape index (κ2) is 13.5. The Labute approximate surface area is 210 Å². The van der Waals surface area contributed by atoms with Gasteiger partial charge in [0, 0.05) is 24.7 Å². The molecule has 4 N–H and O–H groups in total. The van der Waals surface area contributed by atoms with Crippen LogP contribution in [0.15, 0.2) is 6.33 Å². The Balaban J connectivity index is 0.00000193. The third-order valence-corrected chi connectivity index (χ3v) is 7.08. The van der Waals surface area contributed by atoms with Crippen LogP contribution in [0.5, 0.6) is 0 Å². The molecule has 0 aliphatic heterocycles. The number of hydrogen-bond donors (Lipinski definition) is 3. The van der Waals surface area contributed by atoms with Gasteiger partial charge in [-0.1, -0.05) is 26.7 Å². The van der Waals surface area contributed by atoms with Crippen molar-refractivity contribution in [3.63, 3.8) is 0 Å². The van der Waals surface area contributed by atoms with Crippen molar-refractivity contribution < 1.29 is 0 Å². The highest BCUT2D eigenvalue weighted by Gasteiger charge is 2.23. The van der Waals surface area contributed by atoms with Crippen molar-refractivity contribution >= 4 is 47.7 Å². The molecule has 2 aromatic heterocycles. The highest BCUT2D eigenvalue weighted by Crippen LogP contribution is 2.33. The Hall–Kier alpha value is -1.35. The largest absolute Gasteiger partial charge is 0.368 e. The second-order valence-electron chi connectivity index (χ2n) is 9.22. The molecule has 2 aliphatic carbocycles. The van der Waals surface area contributed by atoms with Gasteiger partial charge in [0.1, 0.15) is 0 Å². The van der Waals surface area contributed by atoms with Gasteiger partial charge in [-0.05, 0) is 64.6 Å². The lowest BCUT2D eigenvalue weighted by Gasteiger charge is -2.27. The van der Waals surface area contributed by atoms with E-state index in [4.69, 9.17) is 20.7 Å². The van der Waals surface area contributed by atoms with E-state index in [0.29, 0.717) is 18.1 Å². The van der Waals surface area contributed by atoms with Gasteiger partial charge in [0.05, 0.1) is 6.33 Å². The average Bonchev–Trinajstić information content (AvgIpc) is 3.45. The van der Waals surface area contributed by atoms with Crippen LogP contribution in [0.2, 0.25) is 0 Å². The van der Waals surface area contributed by atoms with Crippen molar-refractivity contribution in [3.05, 3.63) is 6.33 Å². The van der Waals surface area contributed by atoms with Crippen molar-refractivity contribution in [3.8, 4) is 0 Å². The molecular formula is C23H42Cl2N8. The normalized spacial score (nSPS) is 21.1. The molecule has 4 rings (SSSR count). The molecule has 188 valence electrons. The summed E-state index contributed by atoms with van der Waals surface area (Å²) in [6.45, 7) is 8.61. The first-order valence-electron chi connectivity index (χ1n) is 12.4. The Morgan fingerprint density at radius 2 is 1.73 bits per heavy atom. The highest BCUT2D eigenvalue weighted by molar-refractivity contribution is 5.86. The third-order valence-electron chi connectivity index (χ3n) is 7.08. The summed E-state index contributed by atoms with van der Waals surface area (Å²) in [6.07, 6.45) is 12.4. The van der Waals surface area contributed by atoms with Crippen LogP contribution in [0.1, 0.15) is 77.7 Å². The number of anilines is 2. The molecule has 0 amide bonds. The van der Waals surface area contributed by atoms with Gasteiger partial charge < -0.3 is 25.8 Å². The minimum Gasteiger partial charge on any atom is -0.368 e. The summed E-state index contributed by atoms with van der Waals surface area (Å²) in [5.74, 6) is 1.58. The van der Waals surface area contributed by atoms with E-state index in [1.54, 1.807) is 0 Å². The predicted molar refractivity (Wildman–Crippen MR) is 142 cm³/mol. The van der Waals surface area contributed by atoms with Crippen molar-refractivity contribution in [1.82, 2.24) is 24.4 Å². The molecular weight excluding hydrogens is 459 g/mol. The lowest BCUT2D eigenvalue weighted by Crippen LogP contribution is -2.33. The Morgan fingerprint density at radius 3 is 2.39 bits per heavy atom. The first-order valence-corrected chi connectivity index (χ1v) is 12.4. The Kier molecular flexibility index (Phi) is 11.4. The molecule has 10 heteroatoms. The number of imidazole rings is 1. The Morgan fingerprint density at radius 1 is 1.03 bits per heavy atom. The zero-order chi connectivity index (χ0) is 21.6. The van der Waals surface area contributed by atoms with Crippen molar-refractivity contribution in [2.45, 2.75) is 89.8 Å². The maximum atomic E-state index is 6.09. The van der Waals surface area contributed by atoms with Gasteiger partial charge in [0.15, 0.2) is 17.0 Å². The molecule has 0 radical (unpaired) electrons. The van der Waals surface area contributed by atoms with Crippen molar-refractivity contribution in [2.24, 2.45) is 5.73 Å². The molecule has 2 fully saturated rings. The molecule has 2 saturated carbocycles. The molecule has 0 atom stereocenters. The highest BCUT2D eigenvalue weighted by atomic mass is 35.5. The van der Waals surface area contributed by atoms with Gasteiger partial charge in [-0.15, -0.1) is 24.8 Å². The van der Waals surface area contributed by atoms with E-state index in [1.165, 1.54) is 25.7 Å².